The van der Waals surface area contributed by atoms with Gasteiger partial charge in [0.1, 0.15) is 11.8 Å². The number of likely N-dealkylation sites (N-methyl/N-ethyl adjacent to an activating group) is 1. The van der Waals surface area contributed by atoms with Crippen LogP contribution in [0, 0.1) is 5.92 Å². The van der Waals surface area contributed by atoms with Crippen molar-refractivity contribution in [2.45, 2.75) is 52.1 Å². The van der Waals surface area contributed by atoms with Crippen LogP contribution in [0.15, 0.2) is 18.2 Å². The number of nitrogens with one attached hydrogen (secondary N) is 1. The maximum atomic E-state index is 12.7. The third kappa shape index (κ3) is 6.14. The lowest BCUT2D eigenvalue weighted by Crippen LogP contribution is -2.54. The van der Waals surface area contributed by atoms with Gasteiger partial charge in [0, 0.05) is 31.5 Å². The zero-order chi connectivity index (χ0) is 20.7. The Hall–Kier alpha value is -1.73. The molecule has 1 aliphatic heterocycles. The van der Waals surface area contributed by atoms with Crippen molar-refractivity contribution in [3.63, 3.8) is 0 Å². The van der Waals surface area contributed by atoms with Gasteiger partial charge in [-0.2, -0.15) is 0 Å². The molecule has 0 aromatic heterocycles. The quantitative estimate of drug-likeness (QED) is 0.644. The number of hydrogen-bond donors (Lipinski definition) is 2. The van der Waals surface area contributed by atoms with Crippen LogP contribution in [0.3, 0.4) is 0 Å². The van der Waals surface area contributed by atoms with Crippen molar-refractivity contribution in [1.29, 1.82) is 0 Å². The van der Waals surface area contributed by atoms with Crippen molar-refractivity contribution < 1.29 is 19.4 Å². The highest BCUT2D eigenvalue weighted by atomic mass is 32.2. The van der Waals surface area contributed by atoms with Crippen LogP contribution in [0.2, 0.25) is 0 Å². The largest absolute Gasteiger partial charge is 0.494 e. The molecule has 1 aliphatic rings. The number of thioether (sulfide) groups is 1. The van der Waals surface area contributed by atoms with Gasteiger partial charge in [-0.25, -0.2) is 0 Å². The number of fused-ring (bicyclic) bond motifs is 1. The van der Waals surface area contributed by atoms with Crippen molar-refractivity contribution in [2.75, 3.05) is 30.9 Å². The normalized spacial score (nSPS) is 19.6. The molecule has 2 atom stereocenters. The standard InChI is InChI=1S/C21H32N2O4S/c1-14(2)20-21(26)22-17(13-24)11-16-7-8-18(12-19(16)23(20)4)27-9-5-6-10-28-15(3)25/h7-8,12,14,17,20,24H,5-6,9-11,13H2,1-4H3,(H,22,26). The summed E-state index contributed by atoms with van der Waals surface area (Å²) in [5.41, 5.74) is 2.05. The minimum Gasteiger partial charge on any atom is -0.494 e. The minimum absolute atomic E-state index is 0.0588. The molecular weight excluding hydrogens is 376 g/mol. The van der Waals surface area contributed by atoms with Gasteiger partial charge >= 0.3 is 0 Å². The molecule has 7 heteroatoms. The first-order chi connectivity index (χ1) is 13.3. The maximum absolute atomic E-state index is 12.7. The molecule has 0 spiro atoms. The molecule has 1 aromatic rings. The fraction of sp³-hybridized carbons (Fsp3) is 0.619. The van der Waals surface area contributed by atoms with E-state index < -0.39 is 0 Å². The predicted molar refractivity (Wildman–Crippen MR) is 114 cm³/mol. The average Bonchev–Trinajstić information content (AvgIpc) is 2.63. The van der Waals surface area contributed by atoms with Gasteiger partial charge in [-0.3, -0.25) is 9.59 Å². The molecule has 0 aliphatic carbocycles. The van der Waals surface area contributed by atoms with Gasteiger partial charge < -0.3 is 20.1 Å². The fourth-order valence-corrected chi connectivity index (χ4v) is 4.17. The summed E-state index contributed by atoms with van der Waals surface area (Å²) >= 11 is 1.35. The summed E-state index contributed by atoms with van der Waals surface area (Å²) in [7, 11) is 1.94. The van der Waals surface area contributed by atoms with E-state index in [1.807, 2.05) is 44.0 Å². The Kier molecular flexibility index (Phi) is 8.63. The molecule has 28 heavy (non-hydrogen) atoms. The van der Waals surface area contributed by atoms with Crippen LogP contribution in [-0.2, 0) is 16.0 Å². The summed E-state index contributed by atoms with van der Waals surface area (Å²) in [5, 5.41) is 12.8. The molecule has 1 aromatic carbocycles. The summed E-state index contributed by atoms with van der Waals surface area (Å²) in [6.07, 6.45) is 2.40. The zero-order valence-corrected chi connectivity index (χ0v) is 18.1. The Labute approximate surface area is 172 Å². The summed E-state index contributed by atoms with van der Waals surface area (Å²) in [6.45, 7) is 6.14. The van der Waals surface area contributed by atoms with Gasteiger partial charge in [0.15, 0.2) is 5.12 Å². The van der Waals surface area contributed by atoms with Crippen molar-refractivity contribution in [2.24, 2.45) is 5.92 Å². The van der Waals surface area contributed by atoms with E-state index in [2.05, 4.69) is 5.32 Å². The predicted octanol–water partition coefficient (Wildman–Crippen LogP) is 2.62. The van der Waals surface area contributed by atoms with E-state index in [4.69, 9.17) is 4.74 Å². The van der Waals surface area contributed by atoms with E-state index in [1.54, 1.807) is 6.92 Å². The third-order valence-electron chi connectivity index (χ3n) is 4.90. The van der Waals surface area contributed by atoms with Crippen molar-refractivity contribution in [1.82, 2.24) is 5.32 Å². The summed E-state index contributed by atoms with van der Waals surface area (Å²) < 4.78 is 5.90. The second kappa shape index (κ2) is 10.7. The molecule has 0 radical (unpaired) electrons. The van der Waals surface area contributed by atoms with E-state index in [-0.39, 0.29) is 35.6 Å². The van der Waals surface area contributed by atoms with Gasteiger partial charge in [-0.15, -0.1) is 0 Å². The lowest BCUT2D eigenvalue weighted by atomic mass is 9.95. The SMILES string of the molecule is CC(=O)SCCCCOc1ccc2c(c1)N(C)C(C(C)C)C(=O)NC(CO)C2. The lowest BCUT2D eigenvalue weighted by Gasteiger charge is -2.37. The number of nitrogens with zero attached hydrogens (tertiary/aromatic N) is 1. The van der Waals surface area contributed by atoms with Gasteiger partial charge in [-0.05, 0) is 36.8 Å². The molecule has 1 heterocycles. The second-order valence-electron chi connectivity index (χ2n) is 7.58. The number of amides is 1. The summed E-state index contributed by atoms with van der Waals surface area (Å²) in [6, 6.07) is 5.35. The molecule has 156 valence electrons. The highest BCUT2D eigenvalue weighted by molar-refractivity contribution is 8.13. The Morgan fingerprint density at radius 1 is 1.39 bits per heavy atom. The monoisotopic (exact) mass is 408 g/mol. The number of aliphatic hydroxyl groups excluding tert-OH is 1. The number of carbonyl (C=O) groups excluding carboxylic acids is 2. The fourth-order valence-electron chi connectivity index (χ4n) is 3.53. The second-order valence-corrected chi connectivity index (χ2v) is 8.85. The first kappa shape index (κ1) is 22.6. The van der Waals surface area contributed by atoms with Crippen LogP contribution in [-0.4, -0.2) is 54.2 Å². The number of rotatable bonds is 8. The molecule has 0 saturated carbocycles. The van der Waals surface area contributed by atoms with Crippen LogP contribution >= 0.6 is 11.8 Å². The number of benzene rings is 1. The molecule has 0 bridgehead atoms. The number of ether oxygens (including phenoxy) is 1. The number of carbonyl (C=O) groups is 2. The Balaban J connectivity index is 2.11. The number of unbranched alkanes of at least 4 members (excludes halogenated alkanes) is 1. The topological polar surface area (TPSA) is 78.9 Å². The third-order valence-corrected chi connectivity index (χ3v) is 5.80. The molecule has 2 rings (SSSR count). The first-order valence-electron chi connectivity index (χ1n) is 9.86. The van der Waals surface area contributed by atoms with E-state index in [0.29, 0.717) is 13.0 Å². The molecule has 0 saturated heterocycles. The Bertz CT molecular complexity index is 680. The van der Waals surface area contributed by atoms with Gasteiger partial charge in [-0.1, -0.05) is 31.7 Å². The highest BCUT2D eigenvalue weighted by Gasteiger charge is 2.32. The van der Waals surface area contributed by atoms with Crippen LogP contribution in [0.4, 0.5) is 5.69 Å². The Morgan fingerprint density at radius 2 is 2.14 bits per heavy atom. The maximum Gasteiger partial charge on any atom is 0.243 e. The van der Waals surface area contributed by atoms with Crippen molar-refractivity contribution in [3.05, 3.63) is 23.8 Å². The lowest BCUT2D eigenvalue weighted by molar-refractivity contribution is -0.124. The van der Waals surface area contributed by atoms with E-state index in [1.165, 1.54) is 11.8 Å². The van der Waals surface area contributed by atoms with Crippen LogP contribution < -0.4 is 15.0 Å². The van der Waals surface area contributed by atoms with Gasteiger partial charge in [0.2, 0.25) is 5.91 Å². The average molecular weight is 409 g/mol. The van der Waals surface area contributed by atoms with E-state index in [0.717, 1.165) is 35.6 Å². The molecular formula is C21H32N2O4S. The number of hydrogen-bond acceptors (Lipinski definition) is 6. The number of aliphatic hydroxyl groups is 1. The molecule has 6 nitrogen and oxygen atoms in total. The zero-order valence-electron chi connectivity index (χ0n) is 17.2. The molecule has 0 fully saturated rings. The Morgan fingerprint density at radius 3 is 2.79 bits per heavy atom. The summed E-state index contributed by atoms with van der Waals surface area (Å²) in [4.78, 5) is 25.6. The van der Waals surface area contributed by atoms with Crippen LogP contribution in [0.25, 0.3) is 0 Å². The van der Waals surface area contributed by atoms with E-state index >= 15 is 0 Å². The van der Waals surface area contributed by atoms with Gasteiger partial charge in [0.05, 0.1) is 19.3 Å². The minimum atomic E-state index is -0.313. The first-order valence-corrected chi connectivity index (χ1v) is 10.8. The number of anilines is 1. The summed E-state index contributed by atoms with van der Waals surface area (Å²) in [5.74, 6) is 1.66. The molecule has 2 unspecified atom stereocenters. The van der Waals surface area contributed by atoms with Crippen molar-refractivity contribution >= 4 is 28.5 Å². The molecule has 1 amide bonds. The molecule has 2 N–H and O–H groups in total. The van der Waals surface area contributed by atoms with E-state index in [9.17, 15) is 14.7 Å². The van der Waals surface area contributed by atoms with Crippen LogP contribution in [0.5, 0.6) is 5.75 Å². The van der Waals surface area contributed by atoms with Crippen LogP contribution in [0.1, 0.15) is 39.2 Å². The highest BCUT2D eigenvalue weighted by Crippen LogP contribution is 2.31. The smallest absolute Gasteiger partial charge is 0.243 e. The van der Waals surface area contributed by atoms with Crippen molar-refractivity contribution in [3.8, 4) is 5.75 Å². The van der Waals surface area contributed by atoms with Gasteiger partial charge in [0.25, 0.3) is 0 Å².